The van der Waals surface area contributed by atoms with Crippen molar-refractivity contribution in [3.05, 3.63) is 58.4 Å². The zero-order valence-electron chi connectivity index (χ0n) is 15.8. The average molecular weight is 392 g/mol. The first-order chi connectivity index (χ1) is 12.7. The van der Waals surface area contributed by atoms with Gasteiger partial charge in [0, 0.05) is 5.69 Å². The lowest BCUT2D eigenvalue weighted by Crippen LogP contribution is -2.43. The lowest BCUT2D eigenvalue weighted by molar-refractivity contribution is -0.122. The van der Waals surface area contributed by atoms with Crippen molar-refractivity contribution in [2.45, 2.75) is 26.8 Å². The highest BCUT2D eigenvalue weighted by atomic mass is 35.5. The number of hydrogen-bond acceptors (Lipinski definition) is 3. The third-order valence-electron chi connectivity index (χ3n) is 4.29. The summed E-state index contributed by atoms with van der Waals surface area (Å²) in [7, 11) is 1.68. The van der Waals surface area contributed by atoms with Crippen LogP contribution < -0.4 is 10.6 Å². The molecule has 0 aliphatic rings. The molecule has 0 bridgehead atoms. The summed E-state index contributed by atoms with van der Waals surface area (Å²) in [6.45, 7) is 5.59. The lowest BCUT2D eigenvalue weighted by atomic mass is 10.1. The number of aryl methyl sites for hydroxylation is 2. The number of hydrogen-bond donors (Lipinski definition) is 2. The number of carbonyl (C=O) groups is 2. The van der Waals surface area contributed by atoms with Crippen LogP contribution in [0.5, 0.6) is 0 Å². The van der Waals surface area contributed by atoms with Crippen LogP contribution in [0.15, 0.2) is 36.4 Å². The highest BCUT2D eigenvalue weighted by Gasteiger charge is 2.21. The number of likely N-dealkylation sites (N-methyl/N-ethyl adjacent to an activating group) is 1. The second-order valence-electron chi connectivity index (χ2n) is 6.57. The van der Waals surface area contributed by atoms with Crippen LogP contribution in [0, 0.1) is 19.7 Å². The Bertz CT molecular complexity index is 857. The maximum atomic E-state index is 13.1. The first kappa shape index (κ1) is 20.9. The SMILES string of the molecule is Cc1ccc(C)c(NC(=O)CN(C)[C@H](C)C(=O)Nc2ccc(F)cc2Cl)c1. The minimum Gasteiger partial charge on any atom is -0.325 e. The number of rotatable bonds is 6. The molecule has 2 aromatic rings. The van der Waals surface area contributed by atoms with Crippen LogP contribution >= 0.6 is 11.6 Å². The lowest BCUT2D eigenvalue weighted by Gasteiger charge is -2.23. The van der Waals surface area contributed by atoms with Gasteiger partial charge in [0.25, 0.3) is 0 Å². The van der Waals surface area contributed by atoms with Crippen molar-refractivity contribution in [1.29, 1.82) is 0 Å². The maximum absolute atomic E-state index is 13.1. The third kappa shape index (κ3) is 5.77. The number of nitrogens with one attached hydrogen (secondary N) is 2. The van der Waals surface area contributed by atoms with Crippen molar-refractivity contribution in [1.82, 2.24) is 4.90 Å². The van der Waals surface area contributed by atoms with Gasteiger partial charge in [0.15, 0.2) is 0 Å². The van der Waals surface area contributed by atoms with Gasteiger partial charge in [-0.1, -0.05) is 23.7 Å². The average Bonchev–Trinajstić information content (AvgIpc) is 2.59. The maximum Gasteiger partial charge on any atom is 0.241 e. The number of amides is 2. The third-order valence-corrected chi connectivity index (χ3v) is 4.60. The molecule has 0 spiro atoms. The molecule has 0 aliphatic carbocycles. The van der Waals surface area contributed by atoms with E-state index in [4.69, 9.17) is 11.6 Å². The normalized spacial score (nSPS) is 12.0. The van der Waals surface area contributed by atoms with E-state index in [1.807, 2.05) is 32.0 Å². The molecule has 2 rings (SSSR count). The quantitative estimate of drug-likeness (QED) is 0.782. The van der Waals surface area contributed by atoms with Crippen LogP contribution in [0.4, 0.5) is 15.8 Å². The highest BCUT2D eigenvalue weighted by molar-refractivity contribution is 6.33. The Hall–Kier alpha value is -2.44. The van der Waals surface area contributed by atoms with E-state index in [9.17, 15) is 14.0 Å². The van der Waals surface area contributed by atoms with E-state index in [0.29, 0.717) is 5.69 Å². The van der Waals surface area contributed by atoms with Crippen molar-refractivity contribution in [2.75, 3.05) is 24.2 Å². The van der Waals surface area contributed by atoms with Gasteiger partial charge in [-0.2, -0.15) is 0 Å². The zero-order valence-corrected chi connectivity index (χ0v) is 16.5. The van der Waals surface area contributed by atoms with E-state index in [1.165, 1.54) is 12.1 Å². The van der Waals surface area contributed by atoms with E-state index in [0.717, 1.165) is 22.9 Å². The van der Waals surface area contributed by atoms with Gasteiger partial charge < -0.3 is 10.6 Å². The molecule has 0 heterocycles. The molecule has 2 amide bonds. The predicted octanol–water partition coefficient (Wildman–Crippen LogP) is 3.99. The monoisotopic (exact) mass is 391 g/mol. The van der Waals surface area contributed by atoms with E-state index in [-0.39, 0.29) is 23.4 Å². The van der Waals surface area contributed by atoms with E-state index < -0.39 is 11.9 Å². The molecule has 0 unspecified atom stereocenters. The molecule has 5 nitrogen and oxygen atoms in total. The molecule has 0 saturated heterocycles. The number of anilines is 2. The predicted molar refractivity (Wildman–Crippen MR) is 107 cm³/mol. The number of nitrogens with zero attached hydrogens (tertiary/aromatic N) is 1. The molecule has 2 N–H and O–H groups in total. The molecular formula is C20H23ClFN3O2. The Morgan fingerprint density at radius 1 is 1.11 bits per heavy atom. The van der Waals surface area contributed by atoms with Gasteiger partial charge in [-0.3, -0.25) is 14.5 Å². The number of benzene rings is 2. The summed E-state index contributed by atoms with van der Waals surface area (Å²) < 4.78 is 13.1. The first-order valence-corrected chi connectivity index (χ1v) is 8.88. The molecule has 7 heteroatoms. The first-order valence-electron chi connectivity index (χ1n) is 8.50. The van der Waals surface area contributed by atoms with Crippen LogP contribution in [-0.4, -0.2) is 36.3 Å². The van der Waals surface area contributed by atoms with Gasteiger partial charge in [-0.25, -0.2) is 4.39 Å². The summed E-state index contributed by atoms with van der Waals surface area (Å²) in [5.41, 5.74) is 3.09. The van der Waals surface area contributed by atoms with Gasteiger partial charge in [-0.15, -0.1) is 0 Å². The Morgan fingerprint density at radius 2 is 1.81 bits per heavy atom. The number of halogens is 2. The van der Waals surface area contributed by atoms with Crippen molar-refractivity contribution >= 4 is 34.8 Å². The standard InChI is InChI=1S/C20H23ClFN3O2/c1-12-5-6-13(2)18(9-12)23-19(26)11-25(4)14(3)20(27)24-17-8-7-15(22)10-16(17)21/h5-10,14H,11H2,1-4H3,(H,23,26)(H,24,27)/t14-/m1/s1. The van der Waals surface area contributed by atoms with Crippen LogP contribution in [-0.2, 0) is 9.59 Å². The van der Waals surface area contributed by atoms with Crippen molar-refractivity contribution < 1.29 is 14.0 Å². The molecule has 0 radical (unpaired) electrons. The van der Waals surface area contributed by atoms with Gasteiger partial charge in [0.05, 0.1) is 23.3 Å². The summed E-state index contributed by atoms with van der Waals surface area (Å²) in [5, 5.41) is 5.63. The van der Waals surface area contributed by atoms with E-state index in [1.54, 1.807) is 18.9 Å². The van der Waals surface area contributed by atoms with Crippen LogP contribution in [0.25, 0.3) is 0 Å². The summed E-state index contributed by atoms with van der Waals surface area (Å²) in [6.07, 6.45) is 0. The summed E-state index contributed by atoms with van der Waals surface area (Å²) >= 11 is 5.93. The smallest absolute Gasteiger partial charge is 0.241 e. The van der Waals surface area contributed by atoms with Gasteiger partial charge in [0.1, 0.15) is 5.82 Å². The Balaban J connectivity index is 1.95. The summed E-state index contributed by atoms with van der Waals surface area (Å²) in [6, 6.07) is 8.98. The Labute approximate surface area is 163 Å². The fourth-order valence-electron chi connectivity index (χ4n) is 2.45. The van der Waals surface area contributed by atoms with E-state index in [2.05, 4.69) is 10.6 Å². The molecule has 2 aromatic carbocycles. The van der Waals surface area contributed by atoms with Gasteiger partial charge in [0.2, 0.25) is 11.8 Å². The molecule has 0 fully saturated rings. The molecule has 1 atom stereocenters. The molecule has 0 aromatic heterocycles. The fraction of sp³-hybridized carbons (Fsp3) is 0.300. The minimum absolute atomic E-state index is 0.0408. The molecule has 0 saturated carbocycles. The zero-order chi connectivity index (χ0) is 20.1. The minimum atomic E-state index is -0.588. The van der Waals surface area contributed by atoms with Crippen molar-refractivity contribution in [3.8, 4) is 0 Å². The van der Waals surface area contributed by atoms with Gasteiger partial charge >= 0.3 is 0 Å². The molecule has 0 aliphatic heterocycles. The topological polar surface area (TPSA) is 61.4 Å². The molecular weight excluding hydrogens is 369 g/mol. The van der Waals surface area contributed by atoms with Crippen LogP contribution in [0.1, 0.15) is 18.1 Å². The van der Waals surface area contributed by atoms with Gasteiger partial charge in [-0.05, 0) is 63.2 Å². The fourth-order valence-corrected chi connectivity index (χ4v) is 2.67. The van der Waals surface area contributed by atoms with E-state index >= 15 is 0 Å². The largest absolute Gasteiger partial charge is 0.325 e. The highest BCUT2D eigenvalue weighted by Crippen LogP contribution is 2.22. The summed E-state index contributed by atoms with van der Waals surface area (Å²) in [4.78, 5) is 26.3. The van der Waals surface area contributed by atoms with Crippen LogP contribution in [0.2, 0.25) is 5.02 Å². The van der Waals surface area contributed by atoms with Crippen LogP contribution in [0.3, 0.4) is 0 Å². The summed E-state index contributed by atoms with van der Waals surface area (Å²) in [5.74, 6) is -1.04. The number of carbonyl (C=O) groups excluding carboxylic acids is 2. The Kier molecular flexibility index (Phi) is 6.93. The molecule has 144 valence electrons. The second-order valence-corrected chi connectivity index (χ2v) is 6.98. The Morgan fingerprint density at radius 3 is 2.48 bits per heavy atom. The second kappa shape index (κ2) is 8.97. The molecule has 27 heavy (non-hydrogen) atoms. The van der Waals surface area contributed by atoms with Crippen molar-refractivity contribution in [3.63, 3.8) is 0 Å². The van der Waals surface area contributed by atoms with Crippen molar-refractivity contribution in [2.24, 2.45) is 0 Å².